The van der Waals surface area contributed by atoms with Gasteiger partial charge >= 0.3 is 0 Å². The van der Waals surface area contributed by atoms with Crippen molar-refractivity contribution >= 4 is 0 Å². The Hall–Kier alpha value is -1.38. The van der Waals surface area contributed by atoms with Gasteiger partial charge in [0.25, 0.3) is 0 Å². The van der Waals surface area contributed by atoms with Crippen LogP contribution in [0, 0.1) is 0 Å². The number of nitrogens with one attached hydrogen (secondary N) is 1. The Morgan fingerprint density at radius 3 is 2.57 bits per heavy atom. The fourth-order valence-corrected chi connectivity index (χ4v) is 2.68. The molecule has 0 amide bonds. The Morgan fingerprint density at radius 1 is 1.14 bits per heavy atom. The van der Waals surface area contributed by atoms with Crippen molar-refractivity contribution in [2.24, 2.45) is 0 Å². The zero-order valence-electron chi connectivity index (χ0n) is 13.2. The van der Waals surface area contributed by atoms with Gasteiger partial charge in [-0.1, -0.05) is 53.6 Å². The Labute approximate surface area is 128 Å². The van der Waals surface area contributed by atoms with Gasteiger partial charge in [-0.3, -0.25) is 0 Å². The highest BCUT2D eigenvalue weighted by atomic mass is 16.3. The van der Waals surface area contributed by atoms with Crippen LogP contribution >= 0.6 is 0 Å². The van der Waals surface area contributed by atoms with Gasteiger partial charge in [-0.05, 0) is 51.6 Å². The van der Waals surface area contributed by atoms with Crippen molar-refractivity contribution in [2.45, 2.75) is 51.7 Å². The van der Waals surface area contributed by atoms with Gasteiger partial charge in [0.15, 0.2) is 0 Å². The topological polar surface area (TPSA) is 32.3 Å². The number of benzene rings is 1. The molecule has 0 spiro atoms. The van der Waals surface area contributed by atoms with Gasteiger partial charge in [0.05, 0.1) is 6.10 Å². The van der Waals surface area contributed by atoms with E-state index in [0.29, 0.717) is 0 Å². The molecule has 0 unspecified atom stereocenters. The fourth-order valence-electron chi connectivity index (χ4n) is 2.68. The number of allylic oxidation sites excluding steroid dienone is 4. The summed E-state index contributed by atoms with van der Waals surface area (Å²) in [6, 6.07) is 9.94. The first-order valence-electron chi connectivity index (χ1n) is 7.96. The average molecular weight is 285 g/mol. The Balaban J connectivity index is 1.67. The monoisotopic (exact) mass is 285 g/mol. The summed E-state index contributed by atoms with van der Waals surface area (Å²) in [5, 5.41) is 13.7. The maximum atomic E-state index is 10.3. The Bertz CT molecular complexity index is 490. The molecule has 0 fully saturated rings. The van der Waals surface area contributed by atoms with Crippen LogP contribution in [0.5, 0.6) is 0 Å². The van der Waals surface area contributed by atoms with E-state index in [1.165, 1.54) is 5.57 Å². The molecule has 2 rings (SSSR count). The minimum atomic E-state index is -0.439. The standard InChI is InChI=1S/C19H27NO/c1-15-10-12-17(13-11-15)7-6-14-20-16(2)19(21)18-8-4-3-5-9-18/h3-5,8-10,13,16,19-21H,6-7,11-12,14H2,1-2H3/t16-,19-/m0/s1. The number of rotatable bonds is 7. The van der Waals surface area contributed by atoms with Crippen molar-refractivity contribution in [1.29, 1.82) is 0 Å². The normalized spacial score (nSPS) is 17.9. The molecule has 0 radical (unpaired) electrons. The summed E-state index contributed by atoms with van der Waals surface area (Å²) >= 11 is 0. The Morgan fingerprint density at radius 2 is 1.90 bits per heavy atom. The zero-order chi connectivity index (χ0) is 15.1. The summed E-state index contributed by atoms with van der Waals surface area (Å²) in [5.41, 5.74) is 4.02. The van der Waals surface area contributed by atoms with Crippen molar-refractivity contribution in [3.05, 3.63) is 59.2 Å². The highest BCUT2D eigenvalue weighted by Crippen LogP contribution is 2.20. The molecule has 0 aromatic heterocycles. The quantitative estimate of drug-likeness (QED) is 0.583. The summed E-state index contributed by atoms with van der Waals surface area (Å²) in [6.45, 7) is 5.19. The molecule has 2 atom stereocenters. The van der Waals surface area contributed by atoms with Gasteiger partial charge in [-0.15, -0.1) is 0 Å². The lowest BCUT2D eigenvalue weighted by molar-refractivity contribution is 0.136. The molecular weight excluding hydrogens is 258 g/mol. The lowest BCUT2D eigenvalue weighted by Gasteiger charge is -2.21. The van der Waals surface area contributed by atoms with Crippen molar-refractivity contribution in [2.75, 3.05) is 6.54 Å². The largest absolute Gasteiger partial charge is 0.387 e. The molecule has 1 aliphatic rings. The highest BCUT2D eigenvalue weighted by molar-refractivity contribution is 5.20. The highest BCUT2D eigenvalue weighted by Gasteiger charge is 2.15. The predicted octanol–water partition coefficient (Wildman–Crippen LogP) is 4.14. The third kappa shape index (κ3) is 5.14. The minimum absolute atomic E-state index is 0.0786. The van der Waals surface area contributed by atoms with Crippen LogP contribution in [0.4, 0.5) is 0 Å². The van der Waals surface area contributed by atoms with Crippen LogP contribution < -0.4 is 5.32 Å². The third-order valence-electron chi connectivity index (χ3n) is 4.18. The van der Waals surface area contributed by atoms with Crippen LogP contribution in [-0.2, 0) is 0 Å². The summed E-state index contributed by atoms with van der Waals surface area (Å²) in [7, 11) is 0. The molecule has 1 aliphatic carbocycles. The molecule has 2 nitrogen and oxygen atoms in total. The zero-order valence-corrected chi connectivity index (χ0v) is 13.2. The van der Waals surface area contributed by atoms with Crippen LogP contribution in [0.1, 0.15) is 51.2 Å². The molecule has 0 bridgehead atoms. The number of hydrogen-bond acceptors (Lipinski definition) is 2. The molecule has 0 saturated carbocycles. The SMILES string of the molecule is CC1=CCC(CCCN[C@@H](C)[C@H](O)c2ccccc2)=CC1. The van der Waals surface area contributed by atoms with Crippen molar-refractivity contribution in [1.82, 2.24) is 5.32 Å². The van der Waals surface area contributed by atoms with Gasteiger partial charge in [0.2, 0.25) is 0 Å². The van der Waals surface area contributed by atoms with E-state index in [9.17, 15) is 5.11 Å². The molecule has 114 valence electrons. The van der Waals surface area contributed by atoms with Crippen LogP contribution in [0.25, 0.3) is 0 Å². The van der Waals surface area contributed by atoms with E-state index in [4.69, 9.17) is 0 Å². The maximum absolute atomic E-state index is 10.3. The van der Waals surface area contributed by atoms with Crippen LogP contribution in [0.3, 0.4) is 0 Å². The Kier molecular flexibility index (Phi) is 6.21. The van der Waals surface area contributed by atoms with Gasteiger partial charge in [0.1, 0.15) is 0 Å². The molecule has 0 aliphatic heterocycles. The molecular formula is C19H27NO. The lowest BCUT2D eigenvalue weighted by Crippen LogP contribution is -2.32. The second-order valence-electron chi connectivity index (χ2n) is 6.02. The summed E-state index contributed by atoms with van der Waals surface area (Å²) < 4.78 is 0. The number of hydrogen-bond donors (Lipinski definition) is 2. The van der Waals surface area contributed by atoms with Crippen molar-refractivity contribution in [3.8, 4) is 0 Å². The molecule has 0 heterocycles. The van der Waals surface area contributed by atoms with Crippen molar-refractivity contribution < 1.29 is 5.11 Å². The first kappa shape index (κ1) is 16.0. The molecule has 2 N–H and O–H groups in total. The summed E-state index contributed by atoms with van der Waals surface area (Å²) in [5.74, 6) is 0. The second-order valence-corrected chi connectivity index (χ2v) is 6.02. The summed E-state index contributed by atoms with van der Waals surface area (Å²) in [6.07, 6.45) is 8.79. The fraction of sp³-hybridized carbons (Fsp3) is 0.474. The first-order valence-corrected chi connectivity index (χ1v) is 7.96. The molecule has 1 aromatic carbocycles. The second kappa shape index (κ2) is 8.16. The van der Waals surface area contributed by atoms with E-state index in [0.717, 1.165) is 37.8 Å². The maximum Gasteiger partial charge on any atom is 0.0940 e. The van der Waals surface area contributed by atoms with E-state index < -0.39 is 6.10 Å². The molecule has 2 heteroatoms. The van der Waals surface area contributed by atoms with Crippen molar-refractivity contribution in [3.63, 3.8) is 0 Å². The van der Waals surface area contributed by atoms with E-state index in [1.807, 2.05) is 37.3 Å². The van der Waals surface area contributed by atoms with E-state index in [1.54, 1.807) is 5.57 Å². The van der Waals surface area contributed by atoms with Crippen LogP contribution in [-0.4, -0.2) is 17.7 Å². The number of aliphatic hydroxyl groups is 1. The smallest absolute Gasteiger partial charge is 0.0940 e. The minimum Gasteiger partial charge on any atom is -0.387 e. The van der Waals surface area contributed by atoms with E-state index in [2.05, 4.69) is 24.4 Å². The molecule has 21 heavy (non-hydrogen) atoms. The van der Waals surface area contributed by atoms with Gasteiger partial charge < -0.3 is 10.4 Å². The number of aliphatic hydroxyl groups excluding tert-OH is 1. The predicted molar refractivity (Wildman–Crippen MR) is 89.2 cm³/mol. The van der Waals surface area contributed by atoms with Gasteiger partial charge in [-0.25, -0.2) is 0 Å². The van der Waals surface area contributed by atoms with E-state index in [-0.39, 0.29) is 6.04 Å². The molecule has 0 saturated heterocycles. The van der Waals surface area contributed by atoms with Gasteiger partial charge in [-0.2, -0.15) is 0 Å². The first-order chi connectivity index (χ1) is 10.2. The third-order valence-corrected chi connectivity index (χ3v) is 4.18. The molecule has 1 aromatic rings. The average Bonchev–Trinajstić information content (AvgIpc) is 2.53. The lowest BCUT2D eigenvalue weighted by atomic mass is 9.97. The van der Waals surface area contributed by atoms with E-state index >= 15 is 0 Å². The van der Waals surface area contributed by atoms with Crippen LogP contribution in [0.15, 0.2) is 53.6 Å². The van der Waals surface area contributed by atoms with Crippen LogP contribution in [0.2, 0.25) is 0 Å². The van der Waals surface area contributed by atoms with Gasteiger partial charge in [0, 0.05) is 6.04 Å². The summed E-state index contributed by atoms with van der Waals surface area (Å²) in [4.78, 5) is 0.